The maximum Gasteiger partial charge on any atom is 0.321 e. The average Bonchev–Trinajstić information content (AvgIpc) is 2.45. The smallest absolute Gasteiger partial charge is 0.321 e. The van der Waals surface area contributed by atoms with Crippen LogP contribution < -0.4 is 0 Å². The van der Waals surface area contributed by atoms with Gasteiger partial charge in [0.05, 0.1) is 6.61 Å². The Balaban J connectivity index is 3.21. The molecule has 4 nitrogen and oxygen atoms in total. The minimum absolute atomic E-state index is 0.173. The molecular formula is C16H23NO3. The van der Waals surface area contributed by atoms with Crippen LogP contribution in [0.2, 0.25) is 0 Å². The molecule has 0 N–H and O–H groups in total. The summed E-state index contributed by atoms with van der Waals surface area (Å²) in [7, 11) is 3.70. The molecular weight excluding hydrogens is 254 g/mol. The van der Waals surface area contributed by atoms with E-state index >= 15 is 0 Å². The standard InChI is InChI=1S/C16H23NO3/c1-5-16(12-17(3)4,15(19)20-6-2)14(18)13-10-8-7-9-11-13/h7-11H,5-6,12H2,1-4H3. The molecule has 0 amide bonds. The molecule has 0 saturated carbocycles. The van der Waals surface area contributed by atoms with Crippen LogP contribution in [0.15, 0.2) is 30.3 Å². The summed E-state index contributed by atoms with van der Waals surface area (Å²) in [6.07, 6.45) is 0.414. The lowest BCUT2D eigenvalue weighted by Crippen LogP contribution is -2.47. The topological polar surface area (TPSA) is 46.6 Å². The fourth-order valence-electron chi connectivity index (χ4n) is 2.32. The van der Waals surface area contributed by atoms with Gasteiger partial charge in [0.15, 0.2) is 5.78 Å². The molecule has 0 spiro atoms. The van der Waals surface area contributed by atoms with Gasteiger partial charge < -0.3 is 9.64 Å². The van der Waals surface area contributed by atoms with Crippen molar-refractivity contribution < 1.29 is 14.3 Å². The number of ketones is 1. The summed E-state index contributed by atoms with van der Waals surface area (Å²) in [6.45, 7) is 4.22. The maximum absolute atomic E-state index is 12.8. The number of hydrogen-bond acceptors (Lipinski definition) is 4. The highest BCUT2D eigenvalue weighted by Gasteiger charge is 2.46. The lowest BCUT2D eigenvalue weighted by Gasteiger charge is -2.31. The Kier molecular flexibility index (Phi) is 5.89. The molecule has 0 aliphatic carbocycles. The molecule has 1 unspecified atom stereocenters. The van der Waals surface area contributed by atoms with Crippen molar-refractivity contribution in [2.75, 3.05) is 27.2 Å². The Morgan fingerprint density at radius 3 is 2.20 bits per heavy atom. The second kappa shape index (κ2) is 7.20. The third-order valence-corrected chi connectivity index (χ3v) is 3.33. The van der Waals surface area contributed by atoms with Gasteiger partial charge in [0.1, 0.15) is 5.41 Å². The van der Waals surface area contributed by atoms with Crippen LogP contribution in [0.1, 0.15) is 30.6 Å². The molecule has 0 fully saturated rings. The van der Waals surface area contributed by atoms with E-state index < -0.39 is 11.4 Å². The van der Waals surface area contributed by atoms with E-state index in [0.29, 0.717) is 18.5 Å². The maximum atomic E-state index is 12.8. The van der Waals surface area contributed by atoms with Crippen LogP contribution in [0.3, 0.4) is 0 Å². The molecule has 1 rings (SSSR count). The van der Waals surface area contributed by atoms with Crippen LogP contribution in [0.25, 0.3) is 0 Å². The van der Waals surface area contributed by atoms with Crippen molar-refractivity contribution in [3.63, 3.8) is 0 Å². The van der Waals surface area contributed by atoms with Gasteiger partial charge in [-0.25, -0.2) is 0 Å². The Labute approximate surface area is 120 Å². The number of nitrogens with zero attached hydrogens (tertiary/aromatic N) is 1. The summed E-state index contributed by atoms with van der Waals surface area (Å²) < 4.78 is 5.16. The van der Waals surface area contributed by atoms with Crippen molar-refractivity contribution in [3.8, 4) is 0 Å². The molecule has 0 aliphatic heterocycles. The molecule has 0 aromatic heterocycles. The number of carbonyl (C=O) groups is 2. The summed E-state index contributed by atoms with van der Waals surface area (Å²) in [5.41, 5.74) is -0.592. The van der Waals surface area contributed by atoms with Gasteiger partial charge in [-0.1, -0.05) is 37.3 Å². The number of rotatable bonds is 7. The lowest BCUT2D eigenvalue weighted by atomic mass is 9.77. The van der Waals surface area contributed by atoms with Crippen molar-refractivity contribution in [1.29, 1.82) is 0 Å². The summed E-state index contributed by atoms with van der Waals surface area (Å²) in [5.74, 6) is -0.613. The highest BCUT2D eigenvalue weighted by Crippen LogP contribution is 2.30. The number of benzene rings is 1. The predicted molar refractivity (Wildman–Crippen MR) is 78.7 cm³/mol. The first-order valence-corrected chi connectivity index (χ1v) is 6.89. The van der Waals surface area contributed by atoms with Gasteiger partial charge >= 0.3 is 5.97 Å². The molecule has 1 aromatic rings. The van der Waals surface area contributed by atoms with Crippen LogP contribution in [0, 0.1) is 5.41 Å². The average molecular weight is 277 g/mol. The van der Waals surface area contributed by atoms with Gasteiger partial charge in [0, 0.05) is 12.1 Å². The van der Waals surface area contributed by atoms with Crippen LogP contribution in [0.4, 0.5) is 0 Å². The molecule has 0 saturated heterocycles. The molecule has 4 heteroatoms. The highest BCUT2D eigenvalue weighted by molar-refractivity contribution is 6.12. The first kappa shape index (κ1) is 16.4. The number of carbonyl (C=O) groups excluding carboxylic acids is 2. The van der Waals surface area contributed by atoms with Crippen molar-refractivity contribution >= 4 is 11.8 Å². The predicted octanol–water partition coefficient (Wildman–Crippen LogP) is 2.39. The van der Waals surface area contributed by atoms with E-state index in [0.717, 1.165) is 0 Å². The van der Waals surface area contributed by atoms with Crippen molar-refractivity contribution in [2.24, 2.45) is 5.41 Å². The molecule has 0 heterocycles. The monoisotopic (exact) mass is 277 g/mol. The summed E-state index contributed by atoms with van der Waals surface area (Å²) in [5, 5.41) is 0. The fraction of sp³-hybridized carbons (Fsp3) is 0.500. The molecule has 110 valence electrons. The Bertz CT molecular complexity index is 456. The first-order chi connectivity index (χ1) is 9.47. The van der Waals surface area contributed by atoms with E-state index in [9.17, 15) is 9.59 Å². The Morgan fingerprint density at radius 2 is 1.75 bits per heavy atom. The third kappa shape index (κ3) is 3.45. The van der Waals surface area contributed by atoms with Crippen LogP contribution >= 0.6 is 0 Å². The minimum Gasteiger partial charge on any atom is -0.465 e. The number of Topliss-reactive ketones (excluding diaryl/α,β-unsaturated/α-hetero) is 1. The van der Waals surface area contributed by atoms with Crippen LogP contribution in [-0.2, 0) is 9.53 Å². The van der Waals surface area contributed by atoms with E-state index in [4.69, 9.17) is 4.74 Å². The van der Waals surface area contributed by atoms with E-state index in [1.807, 2.05) is 32.0 Å². The molecule has 20 heavy (non-hydrogen) atoms. The van der Waals surface area contributed by atoms with Gasteiger partial charge in [-0.2, -0.15) is 0 Å². The molecule has 1 aromatic carbocycles. The SMILES string of the molecule is CCOC(=O)C(CC)(CN(C)C)C(=O)c1ccccc1. The lowest BCUT2D eigenvalue weighted by molar-refractivity contribution is -0.153. The van der Waals surface area contributed by atoms with Crippen molar-refractivity contribution in [3.05, 3.63) is 35.9 Å². The first-order valence-electron chi connectivity index (χ1n) is 6.89. The zero-order valence-electron chi connectivity index (χ0n) is 12.7. The fourth-order valence-corrected chi connectivity index (χ4v) is 2.32. The van der Waals surface area contributed by atoms with Crippen molar-refractivity contribution in [1.82, 2.24) is 4.90 Å². The molecule has 0 aliphatic rings. The van der Waals surface area contributed by atoms with E-state index in [1.165, 1.54) is 0 Å². The number of esters is 1. The second-order valence-corrected chi connectivity index (χ2v) is 5.09. The van der Waals surface area contributed by atoms with E-state index in [2.05, 4.69) is 0 Å². The summed E-state index contributed by atoms with van der Waals surface area (Å²) in [6, 6.07) is 8.92. The Hall–Kier alpha value is -1.68. The van der Waals surface area contributed by atoms with Gasteiger partial charge in [0.2, 0.25) is 0 Å². The van der Waals surface area contributed by atoms with E-state index in [1.54, 1.807) is 31.2 Å². The number of hydrogen-bond donors (Lipinski definition) is 0. The minimum atomic E-state index is -1.14. The van der Waals surface area contributed by atoms with Gasteiger partial charge in [-0.05, 0) is 27.4 Å². The van der Waals surface area contributed by atoms with E-state index in [-0.39, 0.29) is 12.4 Å². The molecule has 1 atom stereocenters. The van der Waals surface area contributed by atoms with Crippen LogP contribution in [-0.4, -0.2) is 43.9 Å². The van der Waals surface area contributed by atoms with Crippen molar-refractivity contribution in [2.45, 2.75) is 20.3 Å². The largest absolute Gasteiger partial charge is 0.465 e. The third-order valence-electron chi connectivity index (χ3n) is 3.33. The highest BCUT2D eigenvalue weighted by atomic mass is 16.5. The Morgan fingerprint density at radius 1 is 1.15 bits per heavy atom. The van der Waals surface area contributed by atoms with Gasteiger partial charge in [-0.15, -0.1) is 0 Å². The molecule has 0 radical (unpaired) electrons. The van der Waals surface area contributed by atoms with Gasteiger partial charge in [-0.3, -0.25) is 9.59 Å². The molecule has 0 bridgehead atoms. The second-order valence-electron chi connectivity index (χ2n) is 5.09. The number of ether oxygens (including phenoxy) is 1. The quantitative estimate of drug-likeness (QED) is 0.436. The van der Waals surface area contributed by atoms with Gasteiger partial charge in [0.25, 0.3) is 0 Å². The zero-order valence-corrected chi connectivity index (χ0v) is 12.7. The summed E-state index contributed by atoms with van der Waals surface area (Å²) >= 11 is 0. The van der Waals surface area contributed by atoms with Crippen LogP contribution in [0.5, 0.6) is 0 Å². The normalized spacial score (nSPS) is 13.8. The zero-order chi connectivity index (χ0) is 15.2. The summed E-state index contributed by atoms with van der Waals surface area (Å²) in [4.78, 5) is 27.0.